The van der Waals surface area contributed by atoms with Crippen LogP contribution in [0.3, 0.4) is 0 Å². The molecule has 10 heteroatoms. The Kier molecular flexibility index (Phi) is 7.38. The molecule has 7 nitrogen and oxygen atoms in total. The Bertz CT molecular complexity index is 1200. The highest BCUT2D eigenvalue weighted by Crippen LogP contribution is 2.32. The Morgan fingerprint density at radius 2 is 2.13 bits per heavy atom. The molecule has 0 saturated carbocycles. The zero-order valence-electron chi connectivity index (χ0n) is 15.9. The van der Waals surface area contributed by atoms with Crippen LogP contribution >= 0.6 is 34.5 Å². The van der Waals surface area contributed by atoms with Gasteiger partial charge >= 0.3 is 0 Å². The van der Waals surface area contributed by atoms with E-state index in [1.54, 1.807) is 18.2 Å². The van der Waals surface area contributed by atoms with Gasteiger partial charge in [0.1, 0.15) is 0 Å². The number of thiazole rings is 1. The second-order valence-corrected chi connectivity index (χ2v) is 7.87. The molecule has 0 unspecified atom stereocenters. The maximum Gasteiger partial charge on any atom is 0.272 e. The highest BCUT2D eigenvalue weighted by atomic mass is 35.5. The number of aromatic nitrogens is 1. The van der Waals surface area contributed by atoms with Crippen LogP contribution < -0.4 is 4.80 Å². The van der Waals surface area contributed by atoms with Gasteiger partial charge in [-0.2, -0.15) is 4.99 Å². The highest BCUT2D eigenvalue weighted by Gasteiger charge is 2.13. The number of ether oxygens (including phenoxy) is 1. The smallest absolute Gasteiger partial charge is 0.272 e. The van der Waals surface area contributed by atoms with Crippen LogP contribution in [-0.4, -0.2) is 28.6 Å². The van der Waals surface area contributed by atoms with Gasteiger partial charge in [-0.25, -0.2) is 0 Å². The van der Waals surface area contributed by atoms with Crippen molar-refractivity contribution in [2.75, 3.05) is 13.2 Å². The van der Waals surface area contributed by atoms with Crippen LogP contribution in [0.25, 0.3) is 16.3 Å². The number of fused-ring (bicyclic) bond motifs is 1. The number of nitro groups is 1. The number of amides is 1. The lowest BCUT2D eigenvalue weighted by molar-refractivity contribution is -0.384. The molecule has 0 spiro atoms. The maximum atomic E-state index is 12.4. The van der Waals surface area contributed by atoms with Crippen molar-refractivity contribution < 1.29 is 14.5 Å². The molecule has 0 aliphatic carbocycles. The molecular weight excluding hydrogens is 449 g/mol. The molecule has 0 aliphatic heterocycles. The average Bonchev–Trinajstić information content (AvgIpc) is 3.07. The number of nitro benzene ring substituents is 1. The Balaban J connectivity index is 1.97. The van der Waals surface area contributed by atoms with E-state index in [-0.39, 0.29) is 5.69 Å². The first-order valence-corrected chi connectivity index (χ1v) is 10.5. The molecule has 1 heterocycles. The van der Waals surface area contributed by atoms with Crippen LogP contribution in [0.15, 0.2) is 47.5 Å². The van der Waals surface area contributed by atoms with E-state index in [9.17, 15) is 14.9 Å². The van der Waals surface area contributed by atoms with E-state index in [1.807, 2.05) is 17.6 Å². The van der Waals surface area contributed by atoms with Crippen molar-refractivity contribution in [2.45, 2.75) is 13.5 Å². The zero-order chi connectivity index (χ0) is 21.7. The van der Waals surface area contributed by atoms with Crippen molar-refractivity contribution in [3.05, 3.63) is 73.0 Å². The first kappa shape index (κ1) is 22.2. The van der Waals surface area contributed by atoms with Gasteiger partial charge in [-0.1, -0.05) is 46.7 Å². The summed E-state index contributed by atoms with van der Waals surface area (Å²) < 4.78 is 8.08. The van der Waals surface area contributed by atoms with Crippen molar-refractivity contribution in [1.82, 2.24) is 4.57 Å². The summed E-state index contributed by atoms with van der Waals surface area (Å²) in [5.41, 5.74) is 1.18. The van der Waals surface area contributed by atoms with Crippen molar-refractivity contribution in [1.29, 1.82) is 0 Å². The van der Waals surface area contributed by atoms with Crippen LogP contribution in [0.1, 0.15) is 12.5 Å². The summed E-state index contributed by atoms with van der Waals surface area (Å²) in [5.74, 6) is -0.500. The highest BCUT2D eigenvalue weighted by molar-refractivity contribution is 7.16. The second kappa shape index (κ2) is 9.99. The third kappa shape index (κ3) is 5.14. The van der Waals surface area contributed by atoms with Gasteiger partial charge in [0.15, 0.2) is 4.80 Å². The van der Waals surface area contributed by atoms with E-state index < -0.39 is 10.8 Å². The normalized spacial score (nSPS) is 12.2. The molecule has 0 N–H and O–H groups in total. The van der Waals surface area contributed by atoms with Crippen molar-refractivity contribution in [2.24, 2.45) is 4.99 Å². The Morgan fingerprint density at radius 3 is 2.87 bits per heavy atom. The largest absolute Gasteiger partial charge is 0.380 e. The number of non-ortho nitro benzene ring substituents is 1. The van der Waals surface area contributed by atoms with E-state index in [2.05, 4.69) is 4.99 Å². The van der Waals surface area contributed by atoms with Gasteiger partial charge in [0.2, 0.25) is 0 Å². The summed E-state index contributed by atoms with van der Waals surface area (Å²) in [6, 6.07) is 9.51. The van der Waals surface area contributed by atoms with Gasteiger partial charge in [0, 0.05) is 31.4 Å². The SMILES string of the molecule is CCOCCn1c(=NC(=O)/C=C/c2cccc([N+](=O)[O-])c2)sc2ccc(Cl)c(Cl)c21. The number of carbonyl (C=O) groups excluding carboxylic acids is 1. The Labute approximate surface area is 186 Å². The minimum Gasteiger partial charge on any atom is -0.380 e. The fourth-order valence-corrected chi connectivity index (χ4v) is 4.28. The summed E-state index contributed by atoms with van der Waals surface area (Å²) in [7, 11) is 0. The van der Waals surface area contributed by atoms with E-state index >= 15 is 0 Å². The molecular formula is C20H17Cl2N3O4S. The molecule has 0 atom stereocenters. The van der Waals surface area contributed by atoms with E-state index in [0.29, 0.717) is 45.7 Å². The summed E-state index contributed by atoms with van der Waals surface area (Å²) in [5, 5.41) is 11.7. The monoisotopic (exact) mass is 465 g/mol. The van der Waals surface area contributed by atoms with Crippen LogP contribution in [0.5, 0.6) is 0 Å². The van der Waals surface area contributed by atoms with Gasteiger partial charge in [0.25, 0.3) is 11.6 Å². The average molecular weight is 466 g/mol. The van der Waals surface area contributed by atoms with Crippen LogP contribution in [0, 0.1) is 10.1 Å². The molecule has 0 aliphatic rings. The summed E-state index contributed by atoms with van der Waals surface area (Å²) in [6.45, 7) is 3.34. The first-order valence-electron chi connectivity index (χ1n) is 8.97. The van der Waals surface area contributed by atoms with Gasteiger partial charge in [-0.3, -0.25) is 14.9 Å². The van der Waals surface area contributed by atoms with Crippen molar-refractivity contribution >= 4 is 62.4 Å². The molecule has 156 valence electrons. The minimum absolute atomic E-state index is 0.0497. The first-order chi connectivity index (χ1) is 14.4. The predicted octanol–water partition coefficient (Wildman–Crippen LogP) is 5.10. The zero-order valence-corrected chi connectivity index (χ0v) is 18.2. The van der Waals surface area contributed by atoms with Gasteiger partial charge in [-0.05, 0) is 30.7 Å². The maximum absolute atomic E-state index is 12.4. The van der Waals surface area contributed by atoms with Gasteiger partial charge < -0.3 is 9.30 Å². The second-order valence-electron chi connectivity index (χ2n) is 6.08. The molecule has 0 bridgehead atoms. The molecule has 1 amide bonds. The Hall–Kier alpha value is -2.52. The van der Waals surface area contributed by atoms with E-state index in [1.165, 1.54) is 35.6 Å². The molecule has 1 aromatic heterocycles. The lowest BCUT2D eigenvalue weighted by Crippen LogP contribution is -2.19. The number of carbonyl (C=O) groups is 1. The molecule has 0 fully saturated rings. The van der Waals surface area contributed by atoms with Gasteiger partial charge in [0.05, 0.1) is 31.8 Å². The van der Waals surface area contributed by atoms with Crippen molar-refractivity contribution in [3.63, 3.8) is 0 Å². The number of halogens is 2. The summed E-state index contributed by atoms with van der Waals surface area (Å²) in [4.78, 5) is 27.5. The number of hydrogen-bond acceptors (Lipinski definition) is 5. The predicted molar refractivity (Wildman–Crippen MR) is 119 cm³/mol. The van der Waals surface area contributed by atoms with Crippen molar-refractivity contribution in [3.8, 4) is 0 Å². The fraction of sp³-hybridized carbons (Fsp3) is 0.200. The quantitative estimate of drug-likeness (QED) is 0.210. The van der Waals surface area contributed by atoms with Crippen LogP contribution in [-0.2, 0) is 16.1 Å². The summed E-state index contributed by atoms with van der Waals surface area (Å²) >= 11 is 13.9. The lowest BCUT2D eigenvalue weighted by atomic mass is 10.2. The molecule has 3 rings (SSSR count). The number of nitrogens with zero attached hydrogens (tertiary/aromatic N) is 3. The molecule has 2 aromatic carbocycles. The molecule has 0 radical (unpaired) electrons. The minimum atomic E-state index is -0.500. The number of benzene rings is 2. The molecule has 30 heavy (non-hydrogen) atoms. The van der Waals surface area contributed by atoms with Crippen LogP contribution in [0.4, 0.5) is 5.69 Å². The topological polar surface area (TPSA) is 86.7 Å². The fourth-order valence-electron chi connectivity index (χ4n) is 2.74. The number of rotatable bonds is 7. The summed E-state index contributed by atoms with van der Waals surface area (Å²) in [6.07, 6.45) is 2.76. The van der Waals surface area contributed by atoms with Gasteiger partial charge in [-0.15, -0.1) is 0 Å². The standard InChI is InChI=1S/C20H17Cl2N3O4S/c1-2-29-11-10-24-19-16(8-7-15(21)18(19)22)30-20(24)23-17(26)9-6-13-4-3-5-14(12-13)25(27)28/h3-9,12H,2,10-11H2,1H3/b9-6+,23-20?. The van der Waals surface area contributed by atoms with E-state index in [4.69, 9.17) is 27.9 Å². The molecule has 3 aromatic rings. The number of hydrogen-bond donors (Lipinski definition) is 0. The molecule has 0 saturated heterocycles. The van der Waals surface area contributed by atoms with Crippen LogP contribution in [0.2, 0.25) is 10.0 Å². The third-order valence-electron chi connectivity index (χ3n) is 4.10. The van der Waals surface area contributed by atoms with E-state index in [0.717, 1.165) is 4.70 Å². The lowest BCUT2D eigenvalue weighted by Gasteiger charge is -2.07. The third-order valence-corrected chi connectivity index (χ3v) is 5.94. The Morgan fingerprint density at radius 1 is 1.33 bits per heavy atom.